The molecule has 0 radical (unpaired) electrons. The molecule has 0 aliphatic rings. The zero-order chi connectivity index (χ0) is 19.3. The van der Waals surface area contributed by atoms with Crippen molar-refractivity contribution in [3.8, 4) is 22.9 Å². The molecule has 4 rings (SSSR count). The molecule has 0 saturated heterocycles. The highest BCUT2D eigenvalue weighted by molar-refractivity contribution is 9.10. The van der Waals surface area contributed by atoms with Gasteiger partial charge in [0.1, 0.15) is 6.07 Å². The molecule has 28 heavy (non-hydrogen) atoms. The van der Waals surface area contributed by atoms with Gasteiger partial charge in [0.2, 0.25) is 0 Å². The topological polar surface area (TPSA) is 41.6 Å². The number of para-hydroxylation sites is 1. The number of nitrogens with zero attached hydrogens (tertiary/aromatic N) is 3. The Morgan fingerprint density at radius 2 is 1.46 bits per heavy atom. The molecule has 0 aliphatic heterocycles. The second-order valence-electron chi connectivity index (χ2n) is 6.22. The summed E-state index contributed by atoms with van der Waals surface area (Å²) in [5.41, 5.74) is 4.99. The highest BCUT2D eigenvalue weighted by Crippen LogP contribution is 2.31. The van der Waals surface area contributed by atoms with Crippen LogP contribution in [0.2, 0.25) is 0 Å². The maximum Gasteiger partial charge on any atom is 0.152 e. The van der Waals surface area contributed by atoms with E-state index in [0.29, 0.717) is 5.69 Å². The lowest BCUT2D eigenvalue weighted by Crippen LogP contribution is -1.99. The molecule has 3 nitrogen and oxygen atoms in total. The highest BCUT2D eigenvalue weighted by atomic mass is 79.9. The van der Waals surface area contributed by atoms with Crippen LogP contribution < -0.4 is 0 Å². The van der Waals surface area contributed by atoms with Crippen LogP contribution in [0.3, 0.4) is 0 Å². The van der Waals surface area contributed by atoms with Gasteiger partial charge in [-0.3, -0.25) is 0 Å². The quantitative estimate of drug-likeness (QED) is 0.382. The summed E-state index contributed by atoms with van der Waals surface area (Å²) in [5, 5.41) is 14.7. The Hall–Kier alpha value is -3.42. The third kappa shape index (κ3) is 3.66. The first kappa shape index (κ1) is 18.0. The number of hydrogen-bond acceptors (Lipinski definition) is 2. The van der Waals surface area contributed by atoms with Gasteiger partial charge >= 0.3 is 0 Å². The van der Waals surface area contributed by atoms with E-state index in [-0.39, 0.29) is 0 Å². The molecule has 0 aliphatic carbocycles. The van der Waals surface area contributed by atoms with E-state index < -0.39 is 0 Å². The standard InChI is InChI=1S/C24H16BrN3/c25-20-14-12-19(13-15-20)24-22(16-11-18-7-3-1-4-8-18)27-28(23(24)17-26)21-9-5-2-6-10-21/h1-16H/b16-11+. The molecule has 1 aromatic heterocycles. The average molecular weight is 426 g/mol. The average Bonchev–Trinajstić information content (AvgIpc) is 3.13. The van der Waals surface area contributed by atoms with Gasteiger partial charge in [0.25, 0.3) is 0 Å². The van der Waals surface area contributed by atoms with Gasteiger partial charge in [0.15, 0.2) is 5.69 Å². The lowest BCUT2D eigenvalue weighted by molar-refractivity contribution is 0.862. The van der Waals surface area contributed by atoms with Crippen LogP contribution in [-0.2, 0) is 0 Å². The number of aromatic nitrogens is 2. The van der Waals surface area contributed by atoms with E-state index in [9.17, 15) is 5.26 Å². The van der Waals surface area contributed by atoms with E-state index in [0.717, 1.165) is 32.5 Å². The highest BCUT2D eigenvalue weighted by Gasteiger charge is 2.19. The maximum absolute atomic E-state index is 9.93. The summed E-state index contributed by atoms with van der Waals surface area (Å²) in [4.78, 5) is 0. The van der Waals surface area contributed by atoms with Gasteiger partial charge in [0.05, 0.1) is 11.4 Å². The summed E-state index contributed by atoms with van der Waals surface area (Å²) in [6.45, 7) is 0. The van der Waals surface area contributed by atoms with E-state index in [4.69, 9.17) is 5.10 Å². The van der Waals surface area contributed by atoms with Crippen LogP contribution in [-0.4, -0.2) is 9.78 Å². The molecule has 1 heterocycles. The normalized spacial score (nSPS) is 10.9. The van der Waals surface area contributed by atoms with Crippen molar-refractivity contribution in [1.29, 1.82) is 5.26 Å². The van der Waals surface area contributed by atoms with Crippen molar-refractivity contribution in [2.24, 2.45) is 0 Å². The van der Waals surface area contributed by atoms with Crippen LogP contribution >= 0.6 is 15.9 Å². The van der Waals surface area contributed by atoms with E-state index >= 15 is 0 Å². The number of benzene rings is 3. The maximum atomic E-state index is 9.93. The minimum Gasteiger partial charge on any atom is -0.222 e. The second kappa shape index (κ2) is 8.08. The van der Waals surface area contributed by atoms with Gasteiger partial charge in [-0.25, -0.2) is 4.68 Å². The van der Waals surface area contributed by atoms with E-state index in [2.05, 4.69) is 22.0 Å². The predicted octanol–water partition coefficient (Wildman–Crippen LogP) is 6.34. The SMILES string of the molecule is N#Cc1c(-c2ccc(Br)cc2)c(/C=C/c2ccccc2)nn1-c1ccccc1. The van der Waals surface area contributed by atoms with Crippen LogP contribution in [0.4, 0.5) is 0 Å². The van der Waals surface area contributed by atoms with Crippen LogP contribution in [0.1, 0.15) is 17.0 Å². The molecule has 4 aromatic rings. The first-order valence-electron chi connectivity index (χ1n) is 8.84. The van der Waals surface area contributed by atoms with Crippen LogP contribution in [0, 0.1) is 11.3 Å². The van der Waals surface area contributed by atoms with Crippen LogP contribution in [0.5, 0.6) is 0 Å². The minimum absolute atomic E-state index is 0.515. The van der Waals surface area contributed by atoms with Crippen molar-refractivity contribution in [3.05, 3.63) is 106 Å². The van der Waals surface area contributed by atoms with Gasteiger partial charge in [-0.05, 0) is 41.5 Å². The van der Waals surface area contributed by atoms with Gasteiger partial charge in [-0.1, -0.05) is 82.7 Å². The largest absolute Gasteiger partial charge is 0.222 e. The molecular formula is C24H16BrN3. The van der Waals surface area contributed by atoms with Crippen molar-refractivity contribution in [2.45, 2.75) is 0 Å². The Kier molecular flexibility index (Phi) is 5.18. The monoisotopic (exact) mass is 425 g/mol. The molecule has 0 unspecified atom stereocenters. The molecule has 3 aromatic carbocycles. The molecule has 134 valence electrons. The van der Waals surface area contributed by atoms with Crippen molar-refractivity contribution in [2.75, 3.05) is 0 Å². The summed E-state index contributed by atoms with van der Waals surface area (Å²) in [6.07, 6.45) is 3.98. The van der Waals surface area contributed by atoms with Gasteiger partial charge in [-0.2, -0.15) is 10.4 Å². The second-order valence-corrected chi connectivity index (χ2v) is 7.13. The molecular weight excluding hydrogens is 410 g/mol. The predicted molar refractivity (Wildman–Crippen MR) is 117 cm³/mol. The summed E-state index contributed by atoms with van der Waals surface area (Å²) in [5.74, 6) is 0. The van der Waals surface area contributed by atoms with Crippen LogP contribution in [0.15, 0.2) is 89.4 Å². The van der Waals surface area contributed by atoms with E-state index in [1.165, 1.54) is 0 Å². The number of halogens is 1. The summed E-state index contributed by atoms with van der Waals surface area (Å²) in [6, 6.07) is 30.1. The molecule has 0 bridgehead atoms. The van der Waals surface area contributed by atoms with Gasteiger partial charge in [-0.15, -0.1) is 0 Å². The fraction of sp³-hybridized carbons (Fsp3) is 0. The van der Waals surface area contributed by atoms with Crippen molar-refractivity contribution < 1.29 is 0 Å². The Morgan fingerprint density at radius 1 is 0.821 bits per heavy atom. The Morgan fingerprint density at radius 3 is 2.11 bits per heavy atom. The third-order valence-corrected chi connectivity index (χ3v) is 4.91. The molecule has 4 heteroatoms. The first-order chi connectivity index (χ1) is 13.8. The molecule has 0 atom stereocenters. The van der Waals surface area contributed by atoms with E-state index in [1.54, 1.807) is 4.68 Å². The number of hydrogen-bond donors (Lipinski definition) is 0. The molecule has 0 N–H and O–H groups in total. The zero-order valence-electron chi connectivity index (χ0n) is 15.0. The Balaban J connectivity index is 1.91. The van der Waals surface area contributed by atoms with Crippen LogP contribution in [0.25, 0.3) is 29.0 Å². The zero-order valence-corrected chi connectivity index (χ0v) is 16.5. The summed E-state index contributed by atoms with van der Waals surface area (Å²) < 4.78 is 2.70. The lowest BCUT2D eigenvalue weighted by atomic mass is 10.0. The molecule has 0 amide bonds. The molecule has 0 spiro atoms. The first-order valence-corrected chi connectivity index (χ1v) is 9.63. The third-order valence-electron chi connectivity index (χ3n) is 4.39. The Bertz CT molecular complexity index is 1150. The number of rotatable bonds is 4. The fourth-order valence-electron chi connectivity index (χ4n) is 3.05. The van der Waals surface area contributed by atoms with E-state index in [1.807, 2.05) is 97.1 Å². The molecule has 0 fully saturated rings. The minimum atomic E-state index is 0.515. The van der Waals surface area contributed by atoms with Gasteiger partial charge in [0, 0.05) is 10.0 Å². The lowest BCUT2D eigenvalue weighted by Gasteiger charge is -2.04. The van der Waals surface area contributed by atoms with Crippen molar-refractivity contribution in [3.63, 3.8) is 0 Å². The molecule has 0 saturated carbocycles. The number of nitriles is 1. The van der Waals surface area contributed by atoms with Crippen molar-refractivity contribution >= 4 is 28.1 Å². The summed E-state index contributed by atoms with van der Waals surface area (Å²) >= 11 is 3.48. The van der Waals surface area contributed by atoms with Gasteiger partial charge < -0.3 is 0 Å². The summed E-state index contributed by atoms with van der Waals surface area (Å²) in [7, 11) is 0. The fourth-order valence-corrected chi connectivity index (χ4v) is 3.32. The van der Waals surface area contributed by atoms with Crippen molar-refractivity contribution in [1.82, 2.24) is 9.78 Å². The Labute approximate surface area is 172 Å². The smallest absolute Gasteiger partial charge is 0.152 e.